The average Bonchev–Trinajstić information content (AvgIpc) is 2.62. The number of carbonyl (C=O) groups is 2. The Bertz CT molecular complexity index is 736. The largest absolute Gasteiger partial charge is 0.475 e. The van der Waals surface area contributed by atoms with E-state index < -0.39 is 30.3 Å². The van der Waals surface area contributed by atoms with Crippen LogP contribution in [0.2, 0.25) is 0 Å². The fraction of sp³-hybridized carbons (Fsp3) is 0.263. The third-order valence-electron chi connectivity index (χ3n) is 4.14. The number of rotatable bonds is 7. The van der Waals surface area contributed by atoms with E-state index in [0.717, 1.165) is 5.56 Å². The molecule has 0 aliphatic rings. The molecule has 0 unspecified atom stereocenters. The number of hydrogen-bond acceptors (Lipinski definition) is 4. The molecule has 4 N–H and O–H groups in total. The van der Waals surface area contributed by atoms with Gasteiger partial charge in [0, 0.05) is 5.69 Å². The lowest BCUT2D eigenvalue weighted by molar-refractivity contribution is -0.138. The van der Waals surface area contributed by atoms with Gasteiger partial charge in [-0.25, -0.2) is 0 Å². The van der Waals surface area contributed by atoms with E-state index in [1.807, 2.05) is 36.4 Å². The Balaban J connectivity index is 2.05. The second kappa shape index (κ2) is 8.64. The quantitative estimate of drug-likeness (QED) is 0.446. The van der Waals surface area contributed by atoms with Crippen LogP contribution in [0.1, 0.15) is 19.4 Å². The maximum Gasteiger partial charge on any atom is 0.475 e. The van der Waals surface area contributed by atoms with Crippen LogP contribution in [0.3, 0.4) is 0 Å². The summed E-state index contributed by atoms with van der Waals surface area (Å²) in [7, 11) is -1.74. The van der Waals surface area contributed by atoms with E-state index in [4.69, 9.17) is 0 Å². The molecule has 0 fully saturated rings. The first-order chi connectivity index (χ1) is 12.3. The molecule has 26 heavy (non-hydrogen) atoms. The summed E-state index contributed by atoms with van der Waals surface area (Å²) >= 11 is 0. The monoisotopic (exact) mass is 354 g/mol. The van der Waals surface area contributed by atoms with Crippen molar-refractivity contribution in [2.24, 2.45) is 5.41 Å². The molecule has 0 saturated heterocycles. The van der Waals surface area contributed by atoms with Crippen LogP contribution in [-0.4, -0.2) is 34.9 Å². The second-order valence-corrected chi connectivity index (χ2v) is 6.63. The molecule has 0 aromatic heterocycles. The van der Waals surface area contributed by atoms with Gasteiger partial charge in [-0.2, -0.15) is 0 Å². The van der Waals surface area contributed by atoms with Gasteiger partial charge in [-0.05, 0) is 38.0 Å². The lowest BCUT2D eigenvalue weighted by Gasteiger charge is -2.26. The number of anilines is 1. The van der Waals surface area contributed by atoms with Gasteiger partial charge >= 0.3 is 7.12 Å². The van der Waals surface area contributed by atoms with Crippen LogP contribution in [0.15, 0.2) is 60.7 Å². The molecule has 2 amide bonds. The molecule has 0 heterocycles. The highest BCUT2D eigenvalue weighted by Crippen LogP contribution is 2.20. The van der Waals surface area contributed by atoms with Gasteiger partial charge in [0.15, 0.2) is 0 Å². The number of carbonyl (C=O) groups excluding carboxylic acids is 2. The Kier molecular flexibility index (Phi) is 6.55. The van der Waals surface area contributed by atoms with E-state index in [2.05, 4.69) is 10.6 Å². The van der Waals surface area contributed by atoms with Gasteiger partial charge in [-0.1, -0.05) is 48.5 Å². The van der Waals surface area contributed by atoms with Crippen molar-refractivity contribution in [1.82, 2.24) is 5.32 Å². The molecule has 1 atom stereocenters. The minimum absolute atomic E-state index is 0.237. The predicted octanol–water partition coefficient (Wildman–Crippen LogP) is 1.39. The van der Waals surface area contributed by atoms with Crippen LogP contribution >= 0.6 is 0 Å². The number of para-hydroxylation sites is 1. The predicted molar refractivity (Wildman–Crippen MR) is 101 cm³/mol. The Hall–Kier alpha value is -2.64. The van der Waals surface area contributed by atoms with Gasteiger partial charge in [0.1, 0.15) is 5.41 Å². The van der Waals surface area contributed by atoms with Crippen molar-refractivity contribution in [3.05, 3.63) is 66.2 Å². The summed E-state index contributed by atoms with van der Waals surface area (Å²) in [6.07, 6.45) is 0.237. The summed E-state index contributed by atoms with van der Waals surface area (Å²) in [4.78, 5) is 25.1. The molecule has 2 aromatic carbocycles. The zero-order valence-electron chi connectivity index (χ0n) is 14.8. The fourth-order valence-corrected chi connectivity index (χ4v) is 2.36. The number of nitrogens with one attached hydrogen (secondary N) is 2. The maximum absolute atomic E-state index is 12.6. The van der Waals surface area contributed by atoms with E-state index in [9.17, 15) is 19.6 Å². The summed E-state index contributed by atoms with van der Waals surface area (Å²) in [5.74, 6) is -1.99. The first-order valence-electron chi connectivity index (χ1n) is 8.38. The lowest BCUT2D eigenvalue weighted by Crippen LogP contribution is -2.54. The zero-order valence-corrected chi connectivity index (χ0v) is 14.8. The zero-order chi connectivity index (χ0) is 19.2. The van der Waals surface area contributed by atoms with E-state index >= 15 is 0 Å². The van der Waals surface area contributed by atoms with E-state index in [0.29, 0.717) is 5.69 Å². The summed E-state index contributed by atoms with van der Waals surface area (Å²) in [5.41, 5.74) is 0.0403. The number of benzene rings is 2. The molecule has 0 aliphatic carbocycles. The number of hydrogen-bond donors (Lipinski definition) is 4. The second-order valence-electron chi connectivity index (χ2n) is 6.63. The lowest BCUT2D eigenvalue weighted by atomic mass is 9.75. The summed E-state index contributed by atoms with van der Waals surface area (Å²) < 4.78 is 0. The van der Waals surface area contributed by atoms with Gasteiger partial charge in [0.05, 0.1) is 5.94 Å². The van der Waals surface area contributed by atoms with Crippen LogP contribution in [0.4, 0.5) is 5.69 Å². The molecule has 0 spiro atoms. The molecule has 2 aromatic rings. The van der Waals surface area contributed by atoms with Crippen LogP contribution in [0, 0.1) is 5.41 Å². The molecular weight excluding hydrogens is 331 g/mol. The van der Waals surface area contributed by atoms with E-state index in [-0.39, 0.29) is 6.42 Å². The van der Waals surface area contributed by atoms with Gasteiger partial charge in [-0.3, -0.25) is 9.59 Å². The minimum atomic E-state index is -1.74. The third-order valence-corrected chi connectivity index (χ3v) is 4.14. The Morgan fingerprint density at radius 2 is 1.50 bits per heavy atom. The van der Waals surface area contributed by atoms with Crippen LogP contribution in [0.25, 0.3) is 0 Å². The Morgan fingerprint density at radius 3 is 2.04 bits per heavy atom. The van der Waals surface area contributed by atoms with E-state index in [1.54, 1.807) is 24.3 Å². The topological polar surface area (TPSA) is 98.7 Å². The van der Waals surface area contributed by atoms with Gasteiger partial charge in [0.25, 0.3) is 0 Å². The third kappa shape index (κ3) is 5.18. The van der Waals surface area contributed by atoms with Crippen LogP contribution in [-0.2, 0) is 16.0 Å². The minimum Gasteiger partial charge on any atom is -0.426 e. The highest BCUT2D eigenvalue weighted by molar-refractivity contribution is 6.43. The standard InChI is InChI=1S/C19H23BN2O4/c1-19(2,17(23)21-15-11-7-4-8-12-15)18(24)22-16(20(25)26)13-14-9-5-3-6-10-14/h3-12,16,25-26H,13H2,1-2H3,(H,21,23)(H,22,24)/t16-/m0/s1. The van der Waals surface area contributed by atoms with Crippen molar-refractivity contribution in [1.29, 1.82) is 0 Å². The van der Waals surface area contributed by atoms with Crippen molar-refractivity contribution in [2.75, 3.05) is 5.32 Å². The Morgan fingerprint density at radius 1 is 0.962 bits per heavy atom. The molecule has 7 heteroatoms. The normalized spacial score (nSPS) is 12.2. The van der Waals surface area contributed by atoms with Crippen molar-refractivity contribution < 1.29 is 19.6 Å². The maximum atomic E-state index is 12.6. The molecule has 0 saturated carbocycles. The van der Waals surface area contributed by atoms with Crippen molar-refractivity contribution in [3.8, 4) is 0 Å². The summed E-state index contributed by atoms with van der Waals surface area (Å²) in [6, 6.07) is 18.0. The molecular formula is C19H23BN2O4. The van der Waals surface area contributed by atoms with Crippen molar-refractivity contribution >= 4 is 24.6 Å². The smallest absolute Gasteiger partial charge is 0.426 e. The van der Waals surface area contributed by atoms with Crippen LogP contribution < -0.4 is 10.6 Å². The van der Waals surface area contributed by atoms with Crippen molar-refractivity contribution in [3.63, 3.8) is 0 Å². The highest BCUT2D eigenvalue weighted by Gasteiger charge is 2.39. The summed E-state index contributed by atoms with van der Waals surface area (Å²) in [5, 5.41) is 24.5. The highest BCUT2D eigenvalue weighted by atomic mass is 16.4. The SMILES string of the molecule is CC(C)(C(=O)Nc1ccccc1)C(=O)N[C@@H](Cc1ccccc1)B(O)O. The van der Waals surface area contributed by atoms with Gasteiger partial charge < -0.3 is 20.7 Å². The first-order valence-corrected chi connectivity index (χ1v) is 8.38. The van der Waals surface area contributed by atoms with Crippen molar-refractivity contribution in [2.45, 2.75) is 26.2 Å². The average molecular weight is 354 g/mol. The molecule has 2 rings (SSSR count). The van der Waals surface area contributed by atoms with Crippen LogP contribution in [0.5, 0.6) is 0 Å². The Labute approximate surface area is 153 Å². The van der Waals surface area contributed by atoms with Gasteiger partial charge in [0.2, 0.25) is 11.8 Å². The van der Waals surface area contributed by atoms with Gasteiger partial charge in [-0.15, -0.1) is 0 Å². The number of amides is 2. The van der Waals surface area contributed by atoms with E-state index in [1.165, 1.54) is 13.8 Å². The molecule has 0 radical (unpaired) electrons. The molecule has 6 nitrogen and oxygen atoms in total. The fourth-order valence-electron chi connectivity index (χ4n) is 2.36. The molecule has 136 valence electrons. The first kappa shape index (κ1) is 19.7. The molecule has 0 bridgehead atoms. The summed E-state index contributed by atoms with van der Waals surface area (Å²) in [6.45, 7) is 2.98. The molecule has 0 aliphatic heterocycles.